The van der Waals surface area contributed by atoms with Gasteiger partial charge in [-0.3, -0.25) is 0 Å². The molecule has 0 fully saturated rings. The van der Waals surface area contributed by atoms with Crippen LogP contribution in [0.2, 0.25) is 0 Å². The van der Waals surface area contributed by atoms with E-state index >= 15 is 0 Å². The second-order valence-corrected chi connectivity index (χ2v) is 3.56. The third kappa shape index (κ3) is 4.02. The van der Waals surface area contributed by atoms with Crippen molar-refractivity contribution in [3.8, 4) is 0 Å². The fraction of sp³-hybridized carbons (Fsp3) is 0.636. The fourth-order valence-corrected chi connectivity index (χ4v) is 1.35. The zero-order valence-electron chi connectivity index (χ0n) is 8.74. The van der Waals surface area contributed by atoms with Gasteiger partial charge in [0.15, 0.2) is 0 Å². The molecule has 13 heavy (non-hydrogen) atoms. The first-order chi connectivity index (χ1) is 6.33. The number of rotatable bonds is 5. The van der Waals surface area contributed by atoms with Crippen LogP contribution in [0, 0.1) is 0 Å². The van der Waals surface area contributed by atoms with Gasteiger partial charge in [0, 0.05) is 38.4 Å². The average Bonchev–Trinajstić information content (AvgIpc) is 2.15. The summed E-state index contributed by atoms with van der Waals surface area (Å²) in [5, 5.41) is 0. The molecule has 74 valence electrons. The Labute approximate surface area is 81.5 Å². The van der Waals surface area contributed by atoms with E-state index in [1.165, 1.54) is 25.7 Å². The minimum Gasteiger partial charge on any atom is -0.354 e. The summed E-state index contributed by atoms with van der Waals surface area (Å²) in [5.74, 6) is 0. The van der Waals surface area contributed by atoms with Crippen LogP contribution in [-0.2, 0) is 0 Å². The lowest BCUT2D eigenvalue weighted by atomic mass is 10.2. The Kier molecular flexibility index (Phi) is 4.44. The van der Waals surface area contributed by atoms with E-state index in [9.17, 15) is 0 Å². The lowest BCUT2D eigenvalue weighted by Gasteiger charge is -2.21. The van der Waals surface area contributed by atoms with Crippen LogP contribution in [0.5, 0.6) is 0 Å². The smallest absolute Gasteiger partial charge is 0.0220 e. The molecule has 0 amide bonds. The molecule has 0 N–H and O–H groups in total. The summed E-state index contributed by atoms with van der Waals surface area (Å²) in [7, 11) is 2.04. The first-order valence-electron chi connectivity index (χ1n) is 5.17. The minimum absolute atomic E-state index is 1.15. The highest BCUT2D eigenvalue weighted by atomic mass is 15.2. The largest absolute Gasteiger partial charge is 0.354 e. The summed E-state index contributed by atoms with van der Waals surface area (Å²) in [4.78, 5) is 4.30. The normalized spacial score (nSPS) is 15.5. The molecule has 0 aliphatic carbocycles. The van der Waals surface area contributed by atoms with Crippen molar-refractivity contribution in [2.24, 2.45) is 0 Å². The Morgan fingerprint density at radius 3 is 2.23 bits per heavy atom. The molecular formula is C11H20N2. The van der Waals surface area contributed by atoms with Crippen molar-refractivity contribution in [3.05, 3.63) is 24.8 Å². The van der Waals surface area contributed by atoms with Gasteiger partial charge in [-0.1, -0.05) is 26.2 Å². The van der Waals surface area contributed by atoms with E-state index in [-0.39, 0.29) is 0 Å². The predicted molar refractivity (Wildman–Crippen MR) is 56.9 cm³/mol. The Morgan fingerprint density at radius 2 is 1.62 bits per heavy atom. The molecule has 0 radical (unpaired) electrons. The summed E-state index contributed by atoms with van der Waals surface area (Å²) in [5.41, 5.74) is 0. The lowest BCUT2D eigenvalue weighted by molar-refractivity contribution is 0.434. The van der Waals surface area contributed by atoms with Crippen LogP contribution in [0.15, 0.2) is 24.8 Å². The van der Waals surface area contributed by atoms with E-state index in [1.54, 1.807) is 0 Å². The van der Waals surface area contributed by atoms with Gasteiger partial charge in [0.1, 0.15) is 0 Å². The van der Waals surface area contributed by atoms with Crippen molar-refractivity contribution < 1.29 is 0 Å². The van der Waals surface area contributed by atoms with Crippen LogP contribution in [0.3, 0.4) is 0 Å². The van der Waals surface area contributed by atoms with Crippen molar-refractivity contribution in [2.45, 2.75) is 32.6 Å². The van der Waals surface area contributed by atoms with Gasteiger partial charge >= 0.3 is 0 Å². The monoisotopic (exact) mass is 180 g/mol. The summed E-state index contributed by atoms with van der Waals surface area (Å²) >= 11 is 0. The summed E-state index contributed by atoms with van der Waals surface area (Å²) in [6.07, 6.45) is 13.8. The van der Waals surface area contributed by atoms with E-state index < -0.39 is 0 Å². The van der Waals surface area contributed by atoms with E-state index in [4.69, 9.17) is 0 Å². The lowest BCUT2D eigenvalue weighted by Crippen LogP contribution is -2.18. The average molecular weight is 180 g/mol. The molecule has 0 spiro atoms. The second kappa shape index (κ2) is 5.68. The van der Waals surface area contributed by atoms with Gasteiger partial charge in [0.2, 0.25) is 0 Å². The zero-order valence-corrected chi connectivity index (χ0v) is 8.74. The highest BCUT2D eigenvalue weighted by Crippen LogP contribution is 2.06. The molecule has 2 heteroatoms. The Hall–Kier alpha value is -0.920. The maximum absolute atomic E-state index is 2.25. The van der Waals surface area contributed by atoms with E-state index in [2.05, 4.69) is 41.5 Å². The fourth-order valence-electron chi connectivity index (χ4n) is 1.35. The molecule has 0 aromatic rings. The maximum Gasteiger partial charge on any atom is 0.0220 e. The predicted octanol–water partition coefficient (Wildman–Crippen LogP) is 2.76. The molecule has 0 atom stereocenters. The first-order valence-corrected chi connectivity index (χ1v) is 5.17. The molecule has 2 nitrogen and oxygen atoms in total. The molecule has 0 saturated carbocycles. The number of unbranched alkanes of at least 4 members (excludes halogenated alkanes) is 3. The van der Waals surface area contributed by atoms with Crippen molar-refractivity contribution in [1.82, 2.24) is 9.80 Å². The van der Waals surface area contributed by atoms with Crippen molar-refractivity contribution >= 4 is 0 Å². The van der Waals surface area contributed by atoms with Crippen LogP contribution in [-0.4, -0.2) is 23.4 Å². The molecular weight excluding hydrogens is 160 g/mol. The van der Waals surface area contributed by atoms with Crippen LogP contribution in [0.4, 0.5) is 0 Å². The van der Waals surface area contributed by atoms with Crippen molar-refractivity contribution in [1.29, 1.82) is 0 Å². The highest BCUT2D eigenvalue weighted by Gasteiger charge is 1.98. The molecule has 0 aromatic carbocycles. The molecule has 0 unspecified atom stereocenters. The van der Waals surface area contributed by atoms with Gasteiger partial charge < -0.3 is 9.80 Å². The van der Waals surface area contributed by atoms with Crippen molar-refractivity contribution in [2.75, 3.05) is 13.6 Å². The topological polar surface area (TPSA) is 6.48 Å². The van der Waals surface area contributed by atoms with Gasteiger partial charge in [0.05, 0.1) is 0 Å². The molecule has 0 saturated heterocycles. The van der Waals surface area contributed by atoms with Gasteiger partial charge in [-0.05, 0) is 6.42 Å². The van der Waals surface area contributed by atoms with Gasteiger partial charge in [0.25, 0.3) is 0 Å². The summed E-state index contributed by atoms with van der Waals surface area (Å²) in [6.45, 7) is 3.40. The third-order valence-corrected chi connectivity index (χ3v) is 2.26. The quantitative estimate of drug-likeness (QED) is 0.600. The first kappa shape index (κ1) is 10.2. The summed E-state index contributed by atoms with van der Waals surface area (Å²) in [6, 6.07) is 0. The van der Waals surface area contributed by atoms with E-state index in [1.807, 2.05) is 7.05 Å². The number of hydrogen-bond acceptors (Lipinski definition) is 2. The third-order valence-electron chi connectivity index (χ3n) is 2.26. The van der Waals surface area contributed by atoms with Gasteiger partial charge in [-0.2, -0.15) is 0 Å². The molecule has 1 aliphatic rings. The van der Waals surface area contributed by atoms with E-state index in [0.29, 0.717) is 0 Å². The second-order valence-electron chi connectivity index (χ2n) is 3.56. The van der Waals surface area contributed by atoms with Gasteiger partial charge in [-0.25, -0.2) is 0 Å². The van der Waals surface area contributed by atoms with Gasteiger partial charge in [-0.15, -0.1) is 0 Å². The molecule has 1 rings (SSSR count). The van der Waals surface area contributed by atoms with Crippen LogP contribution in [0.1, 0.15) is 32.6 Å². The molecule has 0 aromatic heterocycles. The maximum atomic E-state index is 2.25. The zero-order chi connectivity index (χ0) is 9.52. The van der Waals surface area contributed by atoms with Crippen LogP contribution in [0.25, 0.3) is 0 Å². The SMILES string of the molecule is CCCCCCN1C=CN(C)C=C1. The van der Waals surface area contributed by atoms with Crippen LogP contribution >= 0.6 is 0 Å². The van der Waals surface area contributed by atoms with Crippen molar-refractivity contribution in [3.63, 3.8) is 0 Å². The molecule has 1 heterocycles. The standard InChI is InChI=1S/C11H20N2/c1-3-4-5-6-7-13-10-8-12(2)9-11-13/h8-11H,3-7H2,1-2H3. The Bertz CT molecular complexity index is 171. The molecule has 1 aliphatic heterocycles. The van der Waals surface area contributed by atoms with E-state index in [0.717, 1.165) is 6.54 Å². The van der Waals surface area contributed by atoms with Crippen LogP contribution < -0.4 is 0 Å². The minimum atomic E-state index is 1.15. The number of hydrogen-bond donors (Lipinski definition) is 0. The highest BCUT2D eigenvalue weighted by molar-refractivity contribution is 4.99. The Morgan fingerprint density at radius 1 is 0.923 bits per heavy atom. The Balaban J connectivity index is 2.09. The molecule has 0 bridgehead atoms. The number of nitrogens with zero attached hydrogens (tertiary/aromatic N) is 2. The summed E-state index contributed by atoms with van der Waals surface area (Å²) < 4.78 is 0.